The second-order valence-electron chi connectivity index (χ2n) is 5.48. The van der Waals surface area contributed by atoms with Crippen LogP contribution in [0.4, 0.5) is 0 Å². The van der Waals surface area contributed by atoms with Crippen molar-refractivity contribution in [1.29, 1.82) is 0 Å². The average molecular weight is 313 g/mol. The minimum Gasteiger partial charge on any atom is -0.308 e. The van der Waals surface area contributed by atoms with Gasteiger partial charge in [0.1, 0.15) is 0 Å². The van der Waals surface area contributed by atoms with E-state index in [1.54, 1.807) is 17.1 Å². The smallest absolute Gasteiger partial charge is 0.229 e. The van der Waals surface area contributed by atoms with Crippen molar-refractivity contribution in [2.75, 3.05) is 0 Å². The number of nitrogens with zero attached hydrogens (tertiary/aromatic N) is 1. The molecular formula is C21H31NO. The van der Waals surface area contributed by atoms with Gasteiger partial charge in [-0.2, -0.15) is 0 Å². The van der Waals surface area contributed by atoms with E-state index in [4.69, 9.17) is 0 Å². The van der Waals surface area contributed by atoms with Crippen molar-refractivity contribution in [2.24, 2.45) is 5.92 Å². The molecule has 0 spiro atoms. The lowest BCUT2D eigenvalue weighted by Crippen LogP contribution is -2.33. The highest BCUT2D eigenvalue weighted by Gasteiger charge is 2.21. The summed E-state index contributed by atoms with van der Waals surface area (Å²) in [5.41, 5.74) is 4.10. The highest BCUT2D eigenvalue weighted by atomic mass is 16.2. The van der Waals surface area contributed by atoms with Crippen LogP contribution in [0.2, 0.25) is 0 Å². The molecule has 0 aromatic heterocycles. The van der Waals surface area contributed by atoms with Gasteiger partial charge < -0.3 is 4.90 Å². The Morgan fingerprint density at radius 2 is 1.74 bits per heavy atom. The number of benzene rings is 1. The maximum atomic E-state index is 12.6. The van der Waals surface area contributed by atoms with E-state index >= 15 is 0 Å². The first-order valence-electron chi connectivity index (χ1n) is 8.24. The molecule has 1 amide bonds. The van der Waals surface area contributed by atoms with Crippen LogP contribution >= 0.6 is 0 Å². The molecule has 1 aromatic carbocycles. The highest BCUT2D eigenvalue weighted by Crippen LogP contribution is 2.21. The topological polar surface area (TPSA) is 20.3 Å². The lowest BCUT2D eigenvalue weighted by atomic mass is 10.1. The van der Waals surface area contributed by atoms with Crippen LogP contribution in [0.3, 0.4) is 0 Å². The number of carbonyl (C=O) groups is 1. The number of aryl methyl sites for hydroxylation is 1. The van der Waals surface area contributed by atoms with Gasteiger partial charge in [0, 0.05) is 11.6 Å². The van der Waals surface area contributed by atoms with Crippen LogP contribution in [0.15, 0.2) is 60.8 Å². The SMILES string of the molecule is C=C/C(C)=C(\C=C)N(Cc1ccccc1C)C(=O)C(C)C.CC. The van der Waals surface area contributed by atoms with Crippen LogP contribution < -0.4 is 0 Å². The van der Waals surface area contributed by atoms with E-state index in [2.05, 4.69) is 32.2 Å². The second-order valence-corrected chi connectivity index (χ2v) is 5.48. The van der Waals surface area contributed by atoms with Gasteiger partial charge in [-0.25, -0.2) is 0 Å². The van der Waals surface area contributed by atoms with Crippen LogP contribution in [-0.2, 0) is 11.3 Å². The third-order valence-corrected chi connectivity index (χ3v) is 3.54. The van der Waals surface area contributed by atoms with Gasteiger partial charge in [-0.1, -0.05) is 71.2 Å². The molecule has 0 atom stereocenters. The molecule has 1 rings (SSSR count). The molecule has 0 aliphatic carbocycles. The Morgan fingerprint density at radius 3 is 2.17 bits per heavy atom. The van der Waals surface area contributed by atoms with Crippen molar-refractivity contribution >= 4 is 5.91 Å². The molecule has 1 aromatic rings. The maximum Gasteiger partial charge on any atom is 0.229 e. The molecule has 0 N–H and O–H groups in total. The Kier molecular flexibility index (Phi) is 9.64. The van der Waals surface area contributed by atoms with Gasteiger partial charge in [0.2, 0.25) is 5.91 Å². The summed E-state index contributed by atoms with van der Waals surface area (Å²) >= 11 is 0. The summed E-state index contributed by atoms with van der Waals surface area (Å²) in [5, 5.41) is 0. The second kappa shape index (κ2) is 10.6. The zero-order valence-corrected chi connectivity index (χ0v) is 15.5. The molecule has 0 aliphatic heterocycles. The first kappa shape index (κ1) is 20.9. The third kappa shape index (κ3) is 5.90. The molecule has 0 aliphatic rings. The average Bonchev–Trinajstić information content (AvgIpc) is 2.57. The molecule has 0 saturated carbocycles. The summed E-state index contributed by atoms with van der Waals surface area (Å²) in [4.78, 5) is 14.4. The van der Waals surface area contributed by atoms with Crippen molar-refractivity contribution in [2.45, 2.75) is 48.1 Å². The van der Waals surface area contributed by atoms with E-state index in [9.17, 15) is 4.79 Å². The molecule has 0 saturated heterocycles. The predicted molar refractivity (Wildman–Crippen MR) is 101 cm³/mol. The van der Waals surface area contributed by atoms with Crippen molar-refractivity contribution in [1.82, 2.24) is 4.90 Å². The van der Waals surface area contributed by atoms with E-state index in [0.717, 1.165) is 16.8 Å². The zero-order valence-electron chi connectivity index (χ0n) is 15.5. The third-order valence-electron chi connectivity index (χ3n) is 3.54. The molecule has 0 bridgehead atoms. The van der Waals surface area contributed by atoms with Crippen LogP contribution in [0.5, 0.6) is 0 Å². The quantitative estimate of drug-likeness (QED) is 0.621. The van der Waals surface area contributed by atoms with Crippen LogP contribution in [-0.4, -0.2) is 10.8 Å². The Labute approximate surface area is 142 Å². The van der Waals surface area contributed by atoms with Gasteiger partial charge >= 0.3 is 0 Å². The van der Waals surface area contributed by atoms with E-state index in [1.807, 2.05) is 46.8 Å². The molecular weight excluding hydrogens is 282 g/mol. The monoisotopic (exact) mass is 313 g/mol. The van der Waals surface area contributed by atoms with Crippen LogP contribution in [0.1, 0.15) is 45.7 Å². The summed E-state index contributed by atoms with van der Waals surface area (Å²) in [6.45, 7) is 20.0. The predicted octanol–water partition coefficient (Wildman–Crippen LogP) is 5.65. The standard InChI is InChI=1S/C19H25NO.C2H6/c1-7-15(5)18(8-2)20(19(21)14(3)4)13-17-12-10-9-11-16(17)6;1-2/h7-12,14H,1-2,13H2,3-6H3;1-2H3/b18-15+;. The van der Waals surface area contributed by atoms with Crippen LogP contribution in [0, 0.1) is 12.8 Å². The fourth-order valence-electron chi connectivity index (χ4n) is 2.14. The normalized spacial score (nSPS) is 11.1. The molecule has 0 radical (unpaired) electrons. The van der Waals surface area contributed by atoms with E-state index in [1.165, 1.54) is 5.56 Å². The van der Waals surface area contributed by atoms with E-state index in [0.29, 0.717) is 6.54 Å². The first-order valence-corrected chi connectivity index (χ1v) is 8.24. The van der Waals surface area contributed by atoms with Gasteiger partial charge in [0.15, 0.2) is 0 Å². The van der Waals surface area contributed by atoms with Gasteiger partial charge in [0.25, 0.3) is 0 Å². The number of hydrogen-bond acceptors (Lipinski definition) is 1. The van der Waals surface area contributed by atoms with Gasteiger partial charge in [-0.3, -0.25) is 4.79 Å². The Balaban J connectivity index is 0.00000232. The fraction of sp³-hybridized carbons (Fsp3) is 0.381. The lowest BCUT2D eigenvalue weighted by molar-refractivity contribution is -0.132. The van der Waals surface area contributed by atoms with Crippen molar-refractivity contribution < 1.29 is 4.79 Å². The van der Waals surface area contributed by atoms with Crippen LogP contribution in [0.25, 0.3) is 0 Å². The number of hydrogen-bond donors (Lipinski definition) is 0. The molecule has 0 fully saturated rings. The zero-order chi connectivity index (χ0) is 18.0. The molecule has 126 valence electrons. The first-order chi connectivity index (χ1) is 10.9. The minimum absolute atomic E-state index is 0.0680. The molecule has 0 unspecified atom stereocenters. The summed E-state index contributed by atoms with van der Waals surface area (Å²) in [6, 6.07) is 8.12. The summed E-state index contributed by atoms with van der Waals surface area (Å²) in [7, 11) is 0. The molecule has 2 nitrogen and oxygen atoms in total. The Hall–Kier alpha value is -2.09. The largest absolute Gasteiger partial charge is 0.308 e. The molecule has 2 heteroatoms. The summed E-state index contributed by atoms with van der Waals surface area (Å²) < 4.78 is 0. The number of carbonyl (C=O) groups excluding carboxylic acids is 1. The highest BCUT2D eigenvalue weighted by molar-refractivity contribution is 5.80. The van der Waals surface area contributed by atoms with Crippen molar-refractivity contribution in [3.8, 4) is 0 Å². The number of allylic oxidation sites excluding steroid dienone is 3. The van der Waals surface area contributed by atoms with Crippen molar-refractivity contribution in [3.63, 3.8) is 0 Å². The summed E-state index contributed by atoms with van der Waals surface area (Å²) in [5.74, 6) is 0.0240. The fourth-order valence-corrected chi connectivity index (χ4v) is 2.14. The lowest BCUT2D eigenvalue weighted by Gasteiger charge is -2.27. The van der Waals surface area contributed by atoms with E-state index in [-0.39, 0.29) is 11.8 Å². The summed E-state index contributed by atoms with van der Waals surface area (Å²) in [6.07, 6.45) is 3.49. The number of amides is 1. The van der Waals surface area contributed by atoms with Gasteiger partial charge in [-0.05, 0) is 36.6 Å². The molecule has 0 heterocycles. The Bertz CT molecular complexity index is 567. The minimum atomic E-state index is -0.0680. The molecule has 23 heavy (non-hydrogen) atoms. The maximum absolute atomic E-state index is 12.6. The van der Waals surface area contributed by atoms with Gasteiger partial charge in [-0.15, -0.1) is 0 Å². The van der Waals surface area contributed by atoms with Crippen molar-refractivity contribution in [3.05, 3.63) is 72.0 Å². The number of rotatable bonds is 6. The van der Waals surface area contributed by atoms with E-state index < -0.39 is 0 Å². The van der Waals surface area contributed by atoms with Gasteiger partial charge in [0.05, 0.1) is 6.54 Å². The Morgan fingerprint density at radius 1 is 1.17 bits per heavy atom.